The maximum atomic E-state index is 13.1. The Bertz CT molecular complexity index is 761. The first-order chi connectivity index (χ1) is 12.1. The number of nitrogens with zero attached hydrogens (tertiary/aromatic N) is 3. The van der Waals surface area contributed by atoms with E-state index in [4.69, 9.17) is 0 Å². The minimum atomic E-state index is -0.291. The number of rotatable bonds is 3. The highest BCUT2D eigenvalue weighted by Crippen LogP contribution is 2.27. The minimum Gasteiger partial charge on any atom is -0.378 e. The summed E-state index contributed by atoms with van der Waals surface area (Å²) in [6.07, 6.45) is 1.89. The maximum Gasteiger partial charge on any atom is 0.273 e. The molecule has 6 nitrogen and oxygen atoms in total. The van der Waals surface area contributed by atoms with Crippen molar-refractivity contribution in [2.24, 2.45) is 0 Å². The molecule has 0 spiro atoms. The van der Waals surface area contributed by atoms with Gasteiger partial charge in [-0.1, -0.05) is 30.3 Å². The van der Waals surface area contributed by atoms with Gasteiger partial charge in [-0.15, -0.1) is 0 Å². The molecular formula is C19H22N4O2. The van der Waals surface area contributed by atoms with Crippen LogP contribution in [0, 0.1) is 0 Å². The smallest absolute Gasteiger partial charge is 0.273 e. The third-order valence-corrected chi connectivity index (χ3v) is 4.35. The fourth-order valence-corrected chi connectivity index (χ4v) is 3.01. The van der Waals surface area contributed by atoms with Crippen LogP contribution in [-0.4, -0.2) is 48.9 Å². The molecule has 0 radical (unpaired) electrons. The summed E-state index contributed by atoms with van der Waals surface area (Å²) in [4.78, 5) is 33.1. The van der Waals surface area contributed by atoms with Crippen molar-refractivity contribution in [2.45, 2.75) is 12.5 Å². The Labute approximate surface area is 147 Å². The molecule has 1 aromatic carbocycles. The number of hydrogen-bond acceptors (Lipinski definition) is 4. The SMILES string of the molecule is CN(C)c1ccnc(C(=O)N2CCNC(=O)C[C@H]2c2ccccc2)c1. The molecule has 6 heteroatoms. The molecule has 1 aromatic heterocycles. The van der Waals surface area contributed by atoms with E-state index in [2.05, 4.69) is 10.3 Å². The molecular weight excluding hydrogens is 316 g/mol. The van der Waals surface area contributed by atoms with Crippen LogP contribution in [-0.2, 0) is 4.79 Å². The zero-order valence-corrected chi connectivity index (χ0v) is 14.5. The molecule has 1 N–H and O–H groups in total. The van der Waals surface area contributed by atoms with Crippen molar-refractivity contribution < 1.29 is 9.59 Å². The second-order valence-corrected chi connectivity index (χ2v) is 6.27. The van der Waals surface area contributed by atoms with Crippen molar-refractivity contribution in [1.29, 1.82) is 0 Å². The first kappa shape index (κ1) is 17.0. The third-order valence-electron chi connectivity index (χ3n) is 4.35. The van der Waals surface area contributed by atoms with Gasteiger partial charge in [0.2, 0.25) is 5.91 Å². The molecule has 2 aromatic rings. The van der Waals surface area contributed by atoms with Crippen LogP contribution in [0.3, 0.4) is 0 Å². The Kier molecular flexibility index (Phi) is 4.97. The predicted molar refractivity (Wildman–Crippen MR) is 96.4 cm³/mol. The normalized spacial score (nSPS) is 17.6. The fraction of sp³-hybridized carbons (Fsp3) is 0.316. The van der Waals surface area contributed by atoms with Crippen molar-refractivity contribution in [3.8, 4) is 0 Å². The van der Waals surface area contributed by atoms with Crippen LogP contribution in [0.4, 0.5) is 5.69 Å². The van der Waals surface area contributed by atoms with Gasteiger partial charge in [0.05, 0.1) is 12.5 Å². The molecule has 2 amide bonds. The number of aromatic nitrogens is 1. The van der Waals surface area contributed by atoms with Gasteiger partial charge in [0.1, 0.15) is 5.69 Å². The lowest BCUT2D eigenvalue weighted by atomic mass is 10.0. The van der Waals surface area contributed by atoms with E-state index in [-0.39, 0.29) is 24.3 Å². The summed E-state index contributed by atoms with van der Waals surface area (Å²) in [5, 5.41) is 2.85. The van der Waals surface area contributed by atoms with Crippen LogP contribution in [0.5, 0.6) is 0 Å². The molecule has 1 aliphatic rings. The van der Waals surface area contributed by atoms with Crippen LogP contribution in [0.25, 0.3) is 0 Å². The second kappa shape index (κ2) is 7.34. The van der Waals surface area contributed by atoms with Crippen molar-refractivity contribution in [1.82, 2.24) is 15.2 Å². The first-order valence-corrected chi connectivity index (χ1v) is 8.32. The molecule has 1 fully saturated rings. The molecule has 0 unspecified atom stereocenters. The number of amides is 2. The predicted octanol–water partition coefficient (Wildman–Crippen LogP) is 1.85. The number of anilines is 1. The molecule has 130 valence electrons. The number of pyridine rings is 1. The van der Waals surface area contributed by atoms with E-state index in [0.29, 0.717) is 18.8 Å². The first-order valence-electron chi connectivity index (χ1n) is 8.32. The van der Waals surface area contributed by atoms with Crippen LogP contribution >= 0.6 is 0 Å². The van der Waals surface area contributed by atoms with E-state index >= 15 is 0 Å². The van der Waals surface area contributed by atoms with Gasteiger partial charge in [0, 0.05) is 39.1 Å². The Hall–Kier alpha value is -2.89. The van der Waals surface area contributed by atoms with E-state index in [9.17, 15) is 9.59 Å². The van der Waals surface area contributed by atoms with Crippen LogP contribution < -0.4 is 10.2 Å². The number of carbonyl (C=O) groups is 2. The molecule has 1 aliphatic heterocycles. The zero-order valence-electron chi connectivity index (χ0n) is 14.5. The zero-order chi connectivity index (χ0) is 17.8. The molecule has 1 atom stereocenters. The summed E-state index contributed by atoms with van der Waals surface area (Å²) in [6.45, 7) is 0.902. The Balaban J connectivity index is 1.95. The van der Waals surface area contributed by atoms with Gasteiger partial charge < -0.3 is 15.1 Å². The molecule has 3 rings (SSSR count). The molecule has 0 saturated carbocycles. The summed E-state index contributed by atoms with van der Waals surface area (Å²) in [6, 6.07) is 13.0. The van der Waals surface area contributed by atoms with Crippen LogP contribution in [0.15, 0.2) is 48.7 Å². The largest absolute Gasteiger partial charge is 0.378 e. The Morgan fingerprint density at radius 3 is 2.72 bits per heavy atom. The average Bonchev–Trinajstić information content (AvgIpc) is 2.83. The lowest BCUT2D eigenvalue weighted by Gasteiger charge is -2.29. The van der Waals surface area contributed by atoms with Crippen molar-refractivity contribution in [2.75, 3.05) is 32.1 Å². The lowest BCUT2D eigenvalue weighted by Crippen LogP contribution is -2.37. The summed E-state index contributed by atoms with van der Waals surface area (Å²) in [5.74, 6) is -0.201. The van der Waals surface area contributed by atoms with Gasteiger partial charge in [-0.3, -0.25) is 14.6 Å². The molecule has 0 aliphatic carbocycles. The summed E-state index contributed by atoms with van der Waals surface area (Å²) in [7, 11) is 3.84. The lowest BCUT2D eigenvalue weighted by molar-refractivity contribution is -0.121. The average molecular weight is 338 g/mol. The molecule has 1 saturated heterocycles. The number of hydrogen-bond donors (Lipinski definition) is 1. The molecule has 2 heterocycles. The fourth-order valence-electron chi connectivity index (χ4n) is 3.01. The van der Waals surface area contributed by atoms with Gasteiger partial charge >= 0.3 is 0 Å². The van der Waals surface area contributed by atoms with E-state index < -0.39 is 0 Å². The summed E-state index contributed by atoms with van der Waals surface area (Å²) in [5.41, 5.74) is 2.26. The highest BCUT2D eigenvalue weighted by molar-refractivity contribution is 5.94. The Morgan fingerprint density at radius 2 is 2.00 bits per heavy atom. The highest BCUT2D eigenvalue weighted by Gasteiger charge is 2.31. The van der Waals surface area contributed by atoms with E-state index in [1.807, 2.05) is 55.4 Å². The standard InChI is InChI=1S/C19H22N4O2/c1-22(2)15-8-9-20-16(12-15)19(25)23-11-10-21-18(24)13-17(23)14-6-4-3-5-7-14/h3-9,12,17H,10-11,13H2,1-2H3,(H,21,24)/t17-/m0/s1. The van der Waals surface area contributed by atoms with Gasteiger partial charge in [0.15, 0.2) is 0 Å². The maximum absolute atomic E-state index is 13.1. The third kappa shape index (κ3) is 3.79. The number of nitrogens with one attached hydrogen (secondary N) is 1. The van der Waals surface area contributed by atoms with E-state index in [1.165, 1.54) is 0 Å². The second-order valence-electron chi connectivity index (χ2n) is 6.27. The van der Waals surface area contributed by atoms with Crippen LogP contribution in [0.2, 0.25) is 0 Å². The van der Waals surface area contributed by atoms with Crippen molar-refractivity contribution >= 4 is 17.5 Å². The van der Waals surface area contributed by atoms with E-state index in [1.54, 1.807) is 17.2 Å². The van der Waals surface area contributed by atoms with Gasteiger partial charge in [-0.2, -0.15) is 0 Å². The quantitative estimate of drug-likeness (QED) is 0.928. The summed E-state index contributed by atoms with van der Waals surface area (Å²) < 4.78 is 0. The Morgan fingerprint density at radius 1 is 1.24 bits per heavy atom. The van der Waals surface area contributed by atoms with Gasteiger partial charge in [0.25, 0.3) is 5.91 Å². The van der Waals surface area contributed by atoms with E-state index in [0.717, 1.165) is 11.3 Å². The van der Waals surface area contributed by atoms with Crippen LogP contribution in [0.1, 0.15) is 28.5 Å². The minimum absolute atomic E-state index is 0.0424. The number of benzene rings is 1. The highest BCUT2D eigenvalue weighted by atomic mass is 16.2. The summed E-state index contributed by atoms with van der Waals surface area (Å²) >= 11 is 0. The van der Waals surface area contributed by atoms with Gasteiger partial charge in [-0.05, 0) is 17.7 Å². The van der Waals surface area contributed by atoms with Crippen molar-refractivity contribution in [3.05, 3.63) is 59.9 Å². The molecule has 0 bridgehead atoms. The topological polar surface area (TPSA) is 65.5 Å². The number of carbonyl (C=O) groups excluding carboxylic acids is 2. The van der Waals surface area contributed by atoms with Gasteiger partial charge in [-0.25, -0.2) is 0 Å². The molecule has 25 heavy (non-hydrogen) atoms. The van der Waals surface area contributed by atoms with Crippen molar-refractivity contribution in [3.63, 3.8) is 0 Å². The monoisotopic (exact) mass is 338 g/mol.